The highest BCUT2D eigenvalue weighted by atomic mass is 15.3. The average molecular weight is 208 g/mol. The summed E-state index contributed by atoms with van der Waals surface area (Å²) in [5.41, 5.74) is 0.430. The summed E-state index contributed by atoms with van der Waals surface area (Å²) < 4.78 is 2.04. The molecule has 0 aromatic carbocycles. The molecule has 2 rings (SSSR count). The first-order valence-corrected chi connectivity index (χ1v) is 5.76. The standard InChI is InChI=1S/C11H20N4/c1-4-11(6-12-7-11)5-10-13-8-14-15(10)9(2)3/h8-9,12H,4-7H2,1-3H3. The summed E-state index contributed by atoms with van der Waals surface area (Å²) in [6.07, 6.45) is 3.93. The van der Waals surface area contributed by atoms with Crippen molar-refractivity contribution in [3.8, 4) is 0 Å². The second-order valence-electron chi connectivity index (χ2n) is 4.85. The molecule has 1 aliphatic rings. The number of nitrogens with zero attached hydrogens (tertiary/aromatic N) is 3. The van der Waals surface area contributed by atoms with Crippen molar-refractivity contribution >= 4 is 0 Å². The van der Waals surface area contributed by atoms with Crippen LogP contribution in [0.5, 0.6) is 0 Å². The van der Waals surface area contributed by atoms with Crippen LogP contribution in [0.25, 0.3) is 0 Å². The summed E-state index contributed by atoms with van der Waals surface area (Å²) in [7, 11) is 0. The fourth-order valence-electron chi connectivity index (χ4n) is 2.15. The van der Waals surface area contributed by atoms with Gasteiger partial charge in [-0.1, -0.05) is 6.92 Å². The molecule has 0 bridgehead atoms. The van der Waals surface area contributed by atoms with E-state index in [1.165, 1.54) is 6.42 Å². The van der Waals surface area contributed by atoms with Gasteiger partial charge in [0, 0.05) is 31.0 Å². The molecule has 1 fully saturated rings. The molecular formula is C11H20N4. The van der Waals surface area contributed by atoms with Gasteiger partial charge in [-0.25, -0.2) is 9.67 Å². The van der Waals surface area contributed by atoms with Gasteiger partial charge in [-0.3, -0.25) is 0 Å². The van der Waals surface area contributed by atoms with Crippen LogP contribution in [0.4, 0.5) is 0 Å². The van der Waals surface area contributed by atoms with Crippen molar-refractivity contribution in [1.29, 1.82) is 0 Å². The largest absolute Gasteiger partial charge is 0.316 e. The number of aromatic nitrogens is 3. The van der Waals surface area contributed by atoms with E-state index in [0.29, 0.717) is 11.5 Å². The van der Waals surface area contributed by atoms with Crippen LogP contribution in [0.15, 0.2) is 6.33 Å². The fraction of sp³-hybridized carbons (Fsp3) is 0.818. The van der Waals surface area contributed by atoms with Gasteiger partial charge >= 0.3 is 0 Å². The summed E-state index contributed by atoms with van der Waals surface area (Å²) in [6, 6.07) is 0.407. The Morgan fingerprint density at radius 3 is 2.73 bits per heavy atom. The van der Waals surface area contributed by atoms with E-state index in [1.807, 2.05) is 4.68 Å². The van der Waals surface area contributed by atoms with E-state index in [0.717, 1.165) is 25.3 Å². The fourth-order valence-corrected chi connectivity index (χ4v) is 2.15. The van der Waals surface area contributed by atoms with Crippen LogP contribution >= 0.6 is 0 Å². The van der Waals surface area contributed by atoms with Crippen LogP contribution in [0.2, 0.25) is 0 Å². The Labute approximate surface area is 91.1 Å². The number of hydrogen-bond donors (Lipinski definition) is 1. The second-order valence-corrected chi connectivity index (χ2v) is 4.85. The summed E-state index contributed by atoms with van der Waals surface area (Å²) in [5.74, 6) is 1.13. The monoisotopic (exact) mass is 208 g/mol. The average Bonchev–Trinajstić information content (AvgIpc) is 2.59. The molecule has 0 aliphatic carbocycles. The van der Waals surface area contributed by atoms with Crippen LogP contribution in [0.1, 0.15) is 39.1 Å². The smallest absolute Gasteiger partial charge is 0.138 e. The summed E-state index contributed by atoms with van der Waals surface area (Å²) in [6.45, 7) is 8.80. The van der Waals surface area contributed by atoms with Gasteiger partial charge in [-0.2, -0.15) is 5.10 Å². The first-order chi connectivity index (χ1) is 7.17. The van der Waals surface area contributed by atoms with E-state index in [1.54, 1.807) is 6.33 Å². The zero-order valence-electron chi connectivity index (χ0n) is 9.82. The third-order valence-corrected chi connectivity index (χ3v) is 3.42. The van der Waals surface area contributed by atoms with Crippen molar-refractivity contribution in [2.45, 2.75) is 39.7 Å². The quantitative estimate of drug-likeness (QED) is 0.813. The summed E-state index contributed by atoms with van der Waals surface area (Å²) in [5, 5.41) is 7.63. The lowest BCUT2D eigenvalue weighted by Crippen LogP contribution is -2.54. The molecule has 1 aromatic heterocycles. The molecule has 0 radical (unpaired) electrons. The molecule has 1 aliphatic heterocycles. The molecule has 4 nitrogen and oxygen atoms in total. The van der Waals surface area contributed by atoms with Crippen molar-refractivity contribution in [1.82, 2.24) is 20.1 Å². The highest BCUT2D eigenvalue weighted by Gasteiger charge is 2.36. The predicted octanol–water partition coefficient (Wildman–Crippen LogP) is 1.40. The maximum Gasteiger partial charge on any atom is 0.138 e. The molecule has 2 heterocycles. The molecule has 84 valence electrons. The Bertz CT molecular complexity index is 320. The van der Waals surface area contributed by atoms with E-state index in [4.69, 9.17) is 0 Å². The SMILES string of the molecule is CCC1(Cc2ncnn2C(C)C)CNC1. The Hall–Kier alpha value is -0.900. The van der Waals surface area contributed by atoms with Crippen molar-refractivity contribution in [3.63, 3.8) is 0 Å². The van der Waals surface area contributed by atoms with Gasteiger partial charge in [0.15, 0.2) is 0 Å². The Balaban J connectivity index is 2.13. The predicted molar refractivity (Wildman–Crippen MR) is 59.7 cm³/mol. The summed E-state index contributed by atoms with van der Waals surface area (Å²) in [4.78, 5) is 4.38. The van der Waals surface area contributed by atoms with Crippen LogP contribution in [-0.4, -0.2) is 27.9 Å². The molecule has 1 saturated heterocycles. The minimum atomic E-state index is 0.407. The van der Waals surface area contributed by atoms with Crippen molar-refractivity contribution in [2.75, 3.05) is 13.1 Å². The molecular weight excluding hydrogens is 188 g/mol. The number of rotatable bonds is 4. The molecule has 0 saturated carbocycles. The van der Waals surface area contributed by atoms with E-state index in [9.17, 15) is 0 Å². The molecule has 1 aromatic rings. The van der Waals surface area contributed by atoms with Crippen molar-refractivity contribution in [2.24, 2.45) is 5.41 Å². The molecule has 1 N–H and O–H groups in total. The van der Waals surface area contributed by atoms with Crippen LogP contribution in [0.3, 0.4) is 0 Å². The maximum atomic E-state index is 4.38. The van der Waals surface area contributed by atoms with Gasteiger partial charge in [0.25, 0.3) is 0 Å². The molecule has 15 heavy (non-hydrogen) atoms. The van der Waals surface area contributed by atoms with Crippen LogP contribution < -0.4 is 5.32 Å². The van der Waals surface area contributed by atoms with Gasteiger partial charge in [-0.05, 0) is 20.3 Å². The zero-order valence-corrected chi connectivity index (χ0v) is 9.82. The number of nitrogens with one attached hydrogen (secondary N) is 1. The molecule has 4 heteroatoms. The lowest BCUT2D eigenvalue weighted by Gasteiger charge is -2.42. The third kappa shape index (κ3) is 1.91. The maximum absolute atomic E-state index is 4.38. The first-order valence-electron chi connectivity index (χ1n) is 5.76. The van der Waals surface area contributed by atoms with Crippen molar-refractivity contribution in [3.05, 3.63) is 12.2 Å². The lowest BCUT2D eigenvalue weighted by molar-refractivity contribution is 0.154. The Morgan fingerprint density at radius 1 is 1.53 bits per heavy atom. The molecule has 0 spiro atoms. The summed E-state index contributed by atoms with van der Waals surface area (Å²) >= 11 is 0. The first kappa shape index (κ1) is 10.6. The minimum Gasteiger partial charge on any atom is -0.316 e. The molecule has 0 amide bonds. The Kier molecular flexibility index (Phi) is 2.78. The van der Waals surface area contributed by atoms with Gasteiger partial charge in [0.05, 0.1) is 0 Å². The van der Waals surface area contributed by atoms with Crippen LogP contribution in [0, 0.1) is 5.41 Å². The normalized spacial score (nSPS) is 19.2. The second kappa shape index (κ2) is 3.93. The van der Waals surface area contributed by atoms with Crippen molar-refractivity contribution < 1.29 is 0 Å². The molecule has 0 atom stereocenters. The van der Waals surface area contributed by atoms with Gasteiger partial charge in [-0.15, -0.1) is 0 Å². The molecule has 0 unspecified atom stereocenters. The van der Waals surface area contributed by atoms with Gasteiger partial charge < -0.3 is 5.32 Å². The zero-order chi connectivity index (χ0) is 10.9. The Morgan fingerprint density at radius 2 is 2.27 bits per heavy atom. The third-order valence-electron chi connectivity index (χ3n) is 3.42. The highest BCUT2D eigenvalue weighted by Crippen LogP contribution is 2.30. The van der Waals surface area contributed by atoms with Gasteiger partial charge in [0.1, 0.15) is 12.2 Å². The van der Waals surface area contributed by atoms with Gasteiger partial charge in [0.2, 0.25) is 0 Å². The van der Waals surface area contributed by atoms with E-state index >= 15 is 0 Å². The topological polar surface area (TPSA) is 42.7 Å². The highest BCUT2D eigenvalue weighted by molar-refractivity contribution is 5.01. The van der Waals surface area contributed by atoms with E-state index in [-0.39, 0.29) is 0 Å². The lowest BCUT2D eigenvalue weighted by atomic mass is 9.76. The van der Waals surface area contributed by atoms with E-state index in [2.05, 4.69) is 36.2 Å². The van der Waals surface area contributed by atoms with E-state index < -0.39 is 0 Å². The van der Waals surface area contributed by atoms with Crippen LogP contribution in [-0.2, 0) is 6.42 Å². The number of hydrogen-bond acceptors (Lipinski definition) is 3. The minimum absolute atomic E-state index is 0.407.